The van der Waals surface area contributed by atoms with E-state index in [0.717, 1.165) is 16.9 Å². The summed E-state index contributed by atoms with van der Waals surface area (Å²) in [5.41, 5.74) is 3.37. The monoisotopic (exact) mass is 515 g/mol. The average Bonchev–Trinajstić information content (AvgIpc) is 3.43. The number of nitrogens with zero attached hydrogens (tertiary/aromatic N) is 1. The van der Waals surface area contributed by atoms with Gasteiger partial charge >= 0.3 is 0 Å². The van der Waals surface area contributed by atoms with Gasteiger partial charge in [-0.2, -0.15) is 0 Å². The van der Waals surface area contributed by atoms with E-state index in [1.165, 1.54) is 26.2 Å². The van der Waals surface area contributed by atoms with Gasteiger partial charge in [0.1, 0.15) is 17.6 Å². The van der Waals surface area contributed by atoms with E-state index in [4.69, 9.17) is 18.9 Å². The molecule has 1 fully saturated rings. The molecule has 2 atom stereocenters. The Morgan fingerprint density at radius 1 is 0.947 bits per heavy atom. The standard InChI is InChI=1S/C30H29NO7/c1-16-6-9-21(10-7-16)31-26(20-14-23(35-3)29(37-5)24(15-20)36-4)25(28(33)30(31)34)27(32)18-8-11-22-19(13-18)12-17(2)38-22/h6-11,13-15,17,26,32H,12H2,1-5H3/b27-25+. The molecular weight excluding hydrogens is 486 g/mol. The van der Waals surface area contributed by atoms with Crippen LogP contribution in [0.1, 0.15) is 35.2 Å². The number of ether oxygens (including phenoxy) is 4. The summed E-state index contributed by atoms with van der Waals surface area (Å²) in [6.07, 6.45) is 0.707. The van der Waals surface area contributed by atoms with E-state index in [2.05, 4.69) is 0 Å². The first-order chi connectivity index (χ1) is 18.3. The van der Waals surface area contributed by atoms with Gasteiger partial charge < -0.3 is 24.1 Å². The summed E-state index contributed by atoms with van der Waals surface area (Å²) in [4.78, 5) is 28.5. The van der Waals surface area contributed by atoms with Crippen LogP contribution in [0.2, 0.25) is 0 Å². The number of hydrogen-bond donors (Lipinski definition) is 1. The lowest BCUT2D eigenvalue weighted by molar-refractivity contribution is -0.132. The molecule has 2 aliphatic rings. The molecule has 2 unspecified atom stereocenters. The topological polar surface area (TPSA) is 94.5 Å². The fourth-order valence-corrected chi connectivity index (χ4v) is 5.10. The molecule has 0 spiro atoms. The second kappa shape index (κ2) is 9.78. The molecule has 5 rings (SSSR count). The number of fused-ring (bicyclic) bond motifs is 1. The maximum Gasteiger partial charge on any atom is 0.300 e. The van der Waals surface area contributed by atoms with E-state index in [-0.39, 0.29) is 17.4 Å². The Balaban J connectivity index is 1.74. The highest BCUT2D eigenvalue weighted by molar-refractivity contribution is 6.51. The van der Waals surface area contributed by atoms with Crippen LogP contribution in [0.3, 0.4) is 0 Å². The van der Waals surface area contributed by atoms with Crippen LogP contribution in [0.4, 0.5) is 5.69 Å². The van der Waals surface area contributed by atoms with Gasteiger partial charge in [-0.3, -0.25) is 14.5 Å². The zero-order valence-electron chi connectivity index (χ0n) is 21.9. The summed E-state index contributed by atoms with van der Waals surface area (Å²) in [7, 11) is 4.48. The number of hydrogen-bond acceptors (Lipinski definition) is 7. The first-order valence-corrected chi connectivity index (χ1v) is 12.2. The molecule has 0 radical (unpaired) electrons. The van der Waals surface area contributed by atoms with Gasteiger partial charge in [0.2, 0.25) is 5.75 Å². The quantitative estimate of drug-likeness (QED) is 0.281. The Morgan fingerprint density at radius 2 is 1.61 bits per heavy atom. The number of benzene rings is 3. The van der Waals surface area contributed by atoms with Crippen molar-refractivity contribution < 1.29 is 33.6 Å². The summed E-state index contributed by atoms with van der Waals surface area (Å²) < 4.78 is 22.3. The maximum absolute atomic E-state index is 13.6. The minimum atomic E-state index is -0.949. The number of carbonyl (C=O) groups excluding carboxylic acids is 2. The van der Waals surface area contributed by atoms with Crippen molar-refractivity contribution in [1.29, 1.82) is 0 Å². The van der Waals surface area contributed by atoms with Crippen LogP contribution in [0.15, 0.2) is 60.2 Å². The number of methoxy groups -OCH3 is 3. The van der Waals surface area contributed by atoms with Gasteiger partial charge in [0.15, 0.2) is 11.5 Å². The Bertz CT molecular complexity index is 1430. The van der Waals surface area contributed by atoms with E-state index in [0.29, 0.717) is 40.5 Å². The third kappa shape index (κ3) is 4.12. The van der Waals surface area contributed by atoms with E-state index in [9.17, 15) is 14.7 Å². The number of anilines is 1. The molecule has 3 aromatic rings. The summed E-state index contributed by atoms with van der Waals surface area (Å²) in [6.45, 7) is 3.91. The van der Waals surface area contributed by atoms with Crippen molar-refractivity contribution in [2.75, 3.05) is 26.2 Å². The predicted molar refractivity (Wildman–Crippen MR) is 142 cm³/mol. The van der Waals surface area contributed by atoms with E-state index in [1.807, 2.05) is 26.0 Å². The molecule has 0 aliphatic carbocycles. The van der Waals surface area contributed by atoms with Crippen molar-refractivity contribution in [3.05, 3.63) is 82.4 Å². The van der Waals surface area contributed by atoms with Crippen molar-refractivity contribution in [3.8, 4) is 23.0 Å². The molecule has 3 aromatic carbocycles. The number of rotatable bonds is 6. The number of aryl methyl sites for hydroxylation is 1. The third-order valence-electron chi connectivity index (χ3n) is 6.93. The molecule has 8 nitrogen and oxygen atoms in total. The molecule has 8 heteroatoms. The van der Waals surface area contributed by atoms with Crippen LogP contribution in [0, 0.1) is 6.92 Å². The minimum Gasteiger partial charge on any atom is -0.507 e. The lowest BCUT2D eigenvalue weighted by Crippen LogP contribution is -2.29. The Kier molecular flexibility index (Phi) is 6.48. The summed E-state index contributed by atoms with van der Waals surface area (Å²) in [5.74, 6) is 0.0485. The number of carbonyl (C=O) groups is 2. The molecule has 1 saturated heterocycles. The molecule has 0 aromatic heterocycles. The predicted octanol–water partition coefficient (Wildman–Crippen LogP) is 4.97. The van der Waals surface area contributed by atoms with Crippen LogP contribution in [-0.4, -0.2) is 44.2 Å². The minimum absolute atomic E-state index is 0.0220. The van der Waals surface area contributed by atoms with Crippen molar-refractivity contribution in [1.82, 2.24) is 0 Å². The fraction of sp³-hybridized carbons (Fsp3) is 0.267. The van der Waals surface area contributed by atoms with Crippen LogP contribution < -0.4 is 23.8 Å². The van der Waals surface area contributed by atoms with E-state index >= 15 is 0 Å². The normalized spacial score (nSPS) is 19.8. The second-order valence-corrected chi connectivity index (χ2v) is 9.42. The smallest absolute Gasteiger partial charge is 0.300 e. The van der Waals surface area contributed by atoms with Crippen molar-refractivity contribution in [3.63, 3.8) is 0 Å². The van der Waals surface area contributed by atoms with Crippen molar-refractivity contribution in [2.45, 2.75) is 32.4 Å². The van der Waals surface area contributed by atoms with Crippen LogP contribution >= 0.6 is 0 Å². The van der Waals surface area contributed by atoms with Gasteiger partial charge in [0.05, 0.1) is 32.9 Å². The average molecular weight is 516 g/mol. The Morgan fingerprint density at radius 3 is 2.21 bits per heavy atom. The molecular formula is C30H29NO7. The zero-order valence-corrected chi connectivity index (χ0v) is 21.9. The van der Waals surface area contributed by atoms with Gasteiger partial charge in [-0.15, -0.1) is 0 Å². The maximum atomic E-state index is 13.6. The van der Waals surface area contributed by atoms with E-state index < -0.39 is 17.7 Å². The summed E-state index contributed by atoms with van der Waals surface area (Å²) in [6, 6.07) is 15.0. The molecule has 1 amide bonds. The van der Waals surface area contributed by atoms with Crippen molar-refractivity contribution in [2.24, 2.45) is 0 Å². The van der Waals surface area contributed by atoms with E-state index in [1.54, 1.807) is 42.5 Å². The largest absolute Gasteiger partial charge is 0.507 e. The lowest BCUT2D eigenvalue weighted by Gasteiger charge is -2.26. The van der Waals surface area contributed by atoms with Gasteiger partial charge in [0.25, 0.3) is 11.7 Å². The molecule has 38 heavy (non-hydrogen) atoms. The van der Waals surface area contributed by atoms with Crippen LogP contribution in [0.5, 0.6) is 23.0 Å². The molecule has 0 saturated carbocycles. The molecule has 2 heterocycles. The second-order valence-electron chi connectivity index (χ2n) is 9.42. The highest BCUT2D eigenvalue weighted by Gasteiger charge is 2.47. The highest BCUT2D eigenvalue weighted by atomic mass is 16.5. The highest BCUT2D eigenvalue weighted by Crippen LogP contribution is 2.47. The number of ketones is 1. The van der Waals surface area contributed by atoms with Gasteiger partial charge in [-0.1, -0.05) is 17.7 Å². The fourth-order valence-electron chi connectivity index (χ4n) is 5.10. The van der Waals surface area contributed by atoms with Crippen LogP contribution in [-0.2, 0) is 16.0 Å². The molecule has 2 aliphatic heterocycles. The van der Waals surface area contributed by atoms with Gasteiger partial charge in [-0.25, -0.2) is 0 Å². The van der Waals surface area contributed by atoms with Crippen molar-refractivity contribution >= 4 is 23.1 Å². The summed E-state index contributed by atoms with van der Waals surface area (Å²) in [5, 5.41) is 11.6. The number of Topliss-reactive ketones (excluding diaryl/α,β-unsaturated/α-hetero) is 1. The van der Waals surface area contributed by atoms with Gasteiger partial charge in [-0.05, 0) is 67.4 Å². The zero-order chi connectivity index (χ0) is 27.1. The lowest BCUT2D eigenvalue weighted by atomic mass is 9.93. The number of aliphatic hydroxyl groups is 1. The van der Waals surface area contributed by atoms with Gasteiger partial charge in [0, 0.05) is 17.7 Å². The number of amides is 1. The molecule has 0 bridgehead atoms. The number of aliphatic hydroxyl groups excluding tert-OH is 1. The molecule has 196 valence electrons. The first kappa shape index (κ1) is 25.2. The third-order valence-corrected chi connectivity index (χ3v) is 6.93. The first-order valence-electron chi connectivity index (χ1n) is 12.2. The summed E-state index contributed by atoms with van der Waals surface area (Å²) >= 11 is 0. The SMILES string of the molecule is COc1cc(C2/C(=C(\O)c3ccc4c(c3)CC(C)O4)C(=O)C(=O)N2c2ccc(C)cc2)cc(OC)c1OC. The molecule has 1 N–H and O–H groups in total. The Labute approximate surface area is 221 Å². The Hall–Kier alpha value is -4.46. The van der Waals surface area contributed by atoms with Crippen LogP contribution in [0.25, 0.3) is 5.76 Å².